The van der Waals surface area contributed by atoms with Crippen molar-refractivity contribution in [3.63, 3.8) is 0 Å². The lowest BCUT2D eigenvalue weighted by Gasteiger charge is -2.28. The lowest BCUT2D eigenvalue weighted by atomic mass is 9.88. The first-order valence-corrected chi connectivity index (χ1v) is 6.63. The molecule has 6 nitrogen and oxygen atoms in total. The highest BCUT2D eigenvalue weighted by Crippen LogP contribution is 2.89. The Labute approximate surface area is 110 Å². The van der Waals surface area contributed by atoms with Crippen molar-refractivity contribution in [2.24, 2.45) is 27.0 Å². The summed E-state index contributed by atoms with van der Waals surface area (Å²) in [6.45, 7) is 0.773. The van der Waals surface area contributed by atoms with Crippen LogP contribution < -0.4 is 5.73 Å². The second-order valence-electron chi connectivity index (χ2n) is 5.79. The number of ether oxygens (including phenoxy) is 2. The van der Waals surface area contributed by atoms with Gasteiger partial charge in [0, 0.05) is 5.41 Å². The molecule has 3 fully saturated rings. The second kappa shape index (κ2) is 2.92. The number of amidine groups is 1. The van der Waals surface area contributed by atoms with E-state index in [4.69, 9.17) is 15.2 Å². The Morgan fingerprint density at radius 3 is 2.26 bits per heavy atom. The molecule has 2 aliphatic carbocycles. The van der Waals surface area contributed by atoms with Crippen LogP contribution in [-0.4, -0.2) is 25.0 Å². The van der Waals surface area contributed by atoms with Crippen molar-refractivity contribution >= 4 is 5.84 Å². The van der Waals surface area contributed by atoms with Crippen molar-refractivity contribution in [2.75, 3.05) is 13.2 Å². The van der Waals surface area contributed by atoms with E-state index in [1.54, 1.807) is 0 Å². The van der Waals surface area contributed by atoms with Gasteiger partial charge in [0.25, 0.3) is 5.91 Å². The normalized spacial score (nSPS) is 43.8. The van der Waals surface area contributed by atoms with Crippen LogP contribution in [0.15, 0.2) is 4.99 Å². The molecule has 2 spiro atoms. The summed E-state index contributed by atoms with van der Waals surface area (Å²) in [6.07, 6.45) is 3.66. The van der Waals surface area contributed by atoms with Crippen LogP contribution in [0.5, 0.6) is 0 Å². The summed E-state index contributed by atoms with van der Waals surface area (Å²) in [4.78, 5) is 4.26. The molecule has 2 N–H and O–H groups in total. The Morgan fingerprint density at radius 2 is 1.74 bits per heavy atom. The fourth-order valence-electron chi connectivity index (χ4n) is 4.92. The molecule has 2 atom stereocenters. The molecular formula is C13H14N4O2. The summed E-state index contributed by atoms with van der Waals surface area (Å²) in [7, 11) is 0. The van der Waals surface area contributed by atoms with Crippen LogP contribution in [0.4, 0.5) is 0 Å². The number of nitrogens with zero attached hydrogens (tertiary/aromatic N) is 3. The van der Waals surface area contributed by atoms with Gasteiger partial charge in [-0.25, -0.2) is 4.99 Å². The zero-order valence-corrected chi connectivity index (χ0v) is 10.5. The maximum Gasteiger partial charge on any atom is 0.293 e. The Kier molecular flexibility index (Phi) is 1.73. The third-order valence-electron chi connectivity index (χ3n) is 5.53. The van der Waals surface area contributed by atoms with Crippen LogP contribution in [0.1, 0.15) is 25.7 Å². The lowest BCUT2D eigenvalue weighted by Crippen LogP contribution is -2.41. The summed E-state index contributed by atoms with van der Waals surface area (Å²) in [5.41, 5.74) is 3.55. The maximum absolute atomic E-state index is 9.84. The molecule has 0 bridgehead atoms. The molecule has 1 saturated heterocycles. The molecule has 0 unspecified atom stereocenters. The van der Waals surface area contributed by atoms with E-state index in [1.165, 1.54) is 0 Å². The highest BCUT2D eigenvalue weighted by molar-refractivity contribution is 6.00. The van der Waals surface area contributed by atoms with E-state index in [-0.39, 0.29) is 5.84 Å². The molecule has 4 rings (SSSR count). The molecule has 2 heterocycles. The van der Waals surface area contributed by atoms with Crippen LogP contribution in [0.2, 0.25) is 0 Å². The van der Waals surface area contributed by atoms with Gasteiger partial charge in [0.2, 0.25) is 0 Å². The average Bonchev–Trinajstić information content (AvgIpc) is 2.89. The van der Waals surface area contributed by atoms with E-state index in [2.05, 4.69) is 17.1 Å². The van der Waals surface area contributed by atoms with E-state index in [0.717, 1.165) is 25.7 Å². The zero-order chi connectivity index (χ0) is 13.4. The summed E-state index contributed by atoms with van der Waals surface area (Å²) < 4.78 is 11.3. The summed E-state index contributed by atoms with van der Waals surface area (Å²) in [5.74, 6) is -1.12. The molecule has 19 heavy (non-hydrogen) atoms. The van der Waals surface area contributed by atoms with Gasteiger partial charge in [0.15, 0.2) is 5.41 Å². The summed E-state index contributed by atoms with van der Waals surface area (Å²) in [6, 6.07) is 4.64. The predicted molar refractivity (Wildman–Crippen MR) is 63.3 cm³/mol. The monoisotopic (exact) mass is 258 g/mol. The molecule has 0 aromatic carbocycles. The average molecular weight is 258 g/mol. The molecule has 0 aromatic heterocycles. The van der Waals surface area contributed by atoms with Crippen molar-refractivity contribution in [3.8, 4) is 12.1 Å². The third kappa shape index (κ3) is 0.745. The van der Waals surface area contributed by atoms with Gasteiger partial charge in [0.1, 0.15) is 11.3 Å². The minimum Gasteiger partial charge on any atom is -0.386 e. The topological polar surface area (TPSA) is 104 Å². The van der Waals surface area contributed by atoms with Crippen LogP contribution in [0, 0.1) is 38.9 Å². The van der Waals surface area contributed by atoms with Crippen LogP contribution in [0.25, 0.3) is 0 Å². The molecule has 6 heteroatoms. The minimum atomic E-state index is -1.34. The second-order valence-corrected chi connectivity index (χ2v) is 5.79. The SMILES string of the molecule is N#C[C@]12C3(N=C(N)[C@@]1(C#N)C21CCCC1)OCCO3. The fourth-order valence-corrected chi connectivity index (χ4v) is 4.92. The van der Waals surface area contributed by atoms with Crippen LogP contribution in [0.3, 0.4) is 0 Å². The molecule has 2 saturated carbocycles. The molecule has 0 radical (unpaired) electrons. The van der Waals surface area contributed by atoms with Crippen molar-refractivity contribution in [2.45, 2.75) is 31.6 Å². The Balaban J connectivity index is 1.99. The van der Waals surface area contributed by atoms with E-state index < -0.39 is 22.2 Å². The van der Waals surface area contributed by atoms with Gasteiger partial charge >= 0.3 is 0 Å². The lowest BCUT2D eigenvalue weighted by molar-refractivity contribution is -0.192. The fraction of sp³-hybridized carbons (Fsp3) is 0.769. The quantitative estimate of drug-likeness (QED) is 0.687. The smallest absolute Gasteiger partial charge is 0.293 e. The van der Waals surface area contributed by atoms with Gasteiger partial charge in [0.05, 0.1) is 25.4 Å². The van der Waals surface area contributed by atoms with Gasteiger partial charge in [-0.15, -0.1) is 0 Å². The molecular weight excluding hydrogens is 244 g/mol. The highest BCUT2D eigenvalue weighted by atomic mass is 16.8. The minimum absolute atomic E-state index is 0.223. The van der Waals surface area contributed by atoms with Crippen LogP contribution >= 0.6 is 0 Å². The zero-order valence-electron chi connectivity index (χ0n) is 10.5. The van der Waals surface area contributed by atoms with Gasteiger partial charge in [-0.3, -0.25) is 0 Å². The van der Waals surface area contributed by atoms with Crippen LogP contribution in [-0.2, 0) is 9.47 Å². The van der Waals surface area contributed by atoms with E-state index in [9.17, 15) is 10.5 Å². The number of nitriles is 2. The van der Waals surface area contributed by atoms with Crippen molar-refractivity contribution in [1.82, 2.24) is 0 Å². The maximum atomic E-state index is 9.84. The summed E-state index contributed by atoms with van der Waals surface area (Å²) in [5, 5.41) is 19.6. The standard InChI is InChI=1S/C13H14N4O2/c14-7-11-9(16)17-13(18-5-6-19-13)12(11,8-15)10(11)3-1-2-4-10/h1-6H2,(H2,16,17)/t11-,12+/m0/s1. The first-order chi connectivity index (χ1) is 9.16. The Hall–Kier alpha value is -1.63. The first-order valence-electron chi connectivity index (χ1n) is 6.63. The summed E-state index contributed by atoms with van der Waals surface area (Å²) >= 11 is 0. The Morgan fingerprint density at radius 1 is 1.11 bits per heavy atom. The predicted octanol–water partition coefficient (Wildman–Crippen LogP) is 0.652. The molecule has 4 aliphatic rings. The van der Waals surface area contributed by atoms with E-state index in [1.807, 2.05) is 0 Å². The molecule has 0 aromatic rings. The molecule has 0 amide bonds. The van der Waals surface area contributed by atoms with Crippen molar-refractivity contribution < 1.29 is 9.47 Å². The number of nitrogens with two attached hydrogens (primary N) is 1. The van der Waals surface area contributed by atoms with Gasteiger partial charge in [-0.2, -0.15) is 10.5 Å². The number of hydrogen-bond donors (Lipinski definition) is 1. The highest BCUT2D eigenvalue weighted by Gasteiger charge is 3.00. The van der Waals surface area contributed by atoms with Gasteiger partial charge < -0.3 is 15.2 Å². The molecule has 2 aliphatic heterocycles. The first kappa shape index (κ1) is 11.2. The van der Waals surface area contributed by atoms with Gasteiger partial charge in [-0.1, -0.05) is 12.8 Å². The van der Waals surface area contributed by atoms with Gasteiger partial charge in [-0.05, 0) is 12.8 Å². The number of hydrogen-bond acceptors (Lipinski definition) is 6. The molecule has 98 valence electrons. The van der Waals surface area contributed by atoms with Crippen molar-refractivity contribution in [3.05, 3.63) is 0 Å². The van der Waals surface area contributed by atoms with E-state index >= 15 is 0 Å². The number of fused-ring (bicyclic) bond motifs is 4. The third-order valence-corrected chi connectivity index (χ3v) is 5.53. The van der Waals surface area contributed by atoms with Crippen molar-refractivity contribution in [1.29, 1.82) is 10.5 Å². The Bertz CT molecular complexity index is 574. The number of aliphatic imine (C=N–C) groups is 1. The number of rotatable bonds is 0. The van der Waals surface area contributed by atoms with E-state index in [0.29, 0.717) is 13.2 Å². The largest absolute Gasteiger partial charge is 0.386 e.